The third kappa shape index (κ3) is 4.98. The molecule has 0 saturated heterocycles. The van der Waals surface area contributed by atoms with Crippen molar-refractivity contribution < 1.29 is 24.1 Å². The predicted octanol–water partition coefficient (Wildman–Crippen LogP) is 1.88. The standard InChI is InChI=1S/C20H25N3O5/c1-13-9-16(17(23(25)26)10-14(13)2)21-19(24)12-22(3)11-15-7-6-8-18(27-4)20(15)28-5/h6-10H,11-12H2,1-5H3,(H,21,24)/p+1. The summed E-state index contributed by atoms with van der Waals surface area (Å²) in [4.78, 5) is 24.1. The van der Waals surface area contributed by atoms with E-state index in [1.54, 1.807) is 27.2 Å². The Balaban J connectivity index is 2.10. The Bertz CT molecular complexity index is 882. The molecule has 1 unspecified atom stereocenters. The fourth-order valence-electron chi connectivity index (χ4n) is 3.00. The van der Waals surface area contributed by atoms with Crippen LogP contribution < -0.4 is 19.7 Å². The lowest BCUT2D eigenvalue weighted by molar-refractivity contribution is -0.885. The topological polar surface area (TPSA) is 95.1 Å². The number of quaternary nitrogens is 1. The first-order valence-electron chi connectivity index (χ1n) is 8.83. The van der Waals surface area contributed by atoms with Crippen molar-refractivity contribution in [3.8, 4) is 11.5 Å². The number of amides is 1. The van der Waals surface area contributed by atoms with Gasteiger partial charge in [0.25, 0.3) is 11.6 Å². The van der Waals surface area contributed by atoms with Crippen molar-refractivity contribution in [2.45, 2.75) is 20.4 Å². The van der Waals surface area contributed by atoms with Crippen molar-refractivity contribution in [2.24, 2.45) is 0 Å². The molecule has 0 aliphatic rings. The molecule has 2 aromatic carbocycles. The lowest BCUT2D eigenvalue weighted by Gasteiger charge is -2.17. The Morgan fingerprint density at radius 1 is 1.18 bits per heavy atom. The number of benzene rings is 2. The van der Waals surface area contributed by atoms with Crippen LogP contribution in [-0.4, -0.2) is 38.6 Å². The summed E-state index contributed by atoms with van der Waals surface area (Å²) in [6, 6.07) is 8.69. The molecule has 0 aliphatic carbocycles. The summed E-state index contributed by atoms with van der Waals surface area (Å²) >= 11 is 0. The number of anilines is 1. The van der Waals surface area contributed by atoms with Gasteiger partial charge in [0.15, 0.2) is 18.0 Å². The molecule has 0 spiro atoms. The summed E-state index contributed by atoms with van der Waals surface area (Å²) in [6.45, 7) is 4.32. The van der Waals surface area contributed by atoms with Crippen LogP contribution in [0.4, 0.5) is 11.4 Å². The van der Waals surface area contributed by atoms with Crippen LogP contribution >= 0.6 is 0 Å². The summed E-state index contributed by atoms with van der Waals surface area (Å²) in [7, 11) is 5.01. The smallest absolute Gasteiger partial charge is 0.293 e. The summed E-state index contributed by atoms with van der Waals surface area (Å²) in [6.07, 6.45) is 0. The Morgan fingerprint density at radius 3 is 2.46 bits per heavy atom. The Labute approximate surface area is 164 Å². The van der Waals surface area contributed by atoms with Gasteiger partial charge in [0.05, 0.1) is 31.8 Å². The third-order valence-electron chi connectivity index (χ3n) is 4.52. The zero-order valence-electron chi connectivity index (χ0n) is 16.8. The van der Waals surface area contributed by atoms with Crippen LogP contribution in [0.5, 0.6) is 11.5 Å². The molecule has 2 rings (SSSR count). The number of aryl methyl sites for hydroxylation is 2. The lowest BCUT2D eigenvalue weighted by atomic mass is 10.1. The maximum Gasteiger partial charge on any atom is 0.293 e. The van der Waals surface area contributed by atoms with Crippen molar-refractivity contribution in [1.82, 2.24) is 0 Å². The lowest BCUT2D eigenvalue weighted by Crippen LogP contribution is -3.08. The molecule has 0 aliphatic heterocycles. The number of nitrogens with zero attached hydrogens (tertiary/aromatic N) is 1. The third-order valence-corrected chi connectivity index (χ3v) is 4.52. The number of rotatable bonds is 8. The highest BCUT2D eigenvalue weighted by atomic mass is 16.6. The molecule has 28 heavy (non-hydrogen) atoms. The van der Waals surface area contributed by atoms with Crippen LogP contribution in [0.3, 0.4) is 0 Å². The molecule has 2 N–H and O–H groups in total. The number of methoxy groups -OCH3 is 2. The number of nitro benzene ring substituents is 1. The van der Waals surface area contributed by atoms with Crippen molar-refractivity contribution in [3.05, 3.63) is 57.1 Å². The fourth-order valence-corrected chi connectivity index (χ4v) is 3.00. The van der Waals surface area contributed by atoms with Gasteiger partial charge in [-0.3, -0.25) is 14.9 Å². The minimum atomic E-state index is -0.486. The highest BCUT2D eigenvalue weighted by Crippen LogP contribution is 2.30. The quantitative estimate of drug-likeness (QED) is 0.532. The molecule has 2 aromatic rings. The van der Waals surface area contributed by atoms with Gasteiger partial charge in [0.2, 0.25) is 0 Å². The van der Waals surface area contributed by atoms with Gasteiger partial charge in [0.1, 0.15) is 12.2 Å². The van der Waals surface area contributed by atoms with E-state index in [0.29, 0.717) is 18.0 Å². The van der Waals surface area contributed by atoms with E-state index in [1.807, 2.05) is 32.2 Å². The number of nitro groups is 1. The van der Waals surface area contributed by atoms with E-state index >= 15 is 0 Å². The van der Waals surface area contributed by atoms with Crippen LogP contribution in [-0.2, 0) is 11.3 Å². The molecule has 0 saturated carbocycles. The molecule has 1 amide bonds. The highest BCUT2D eigenvalue weighted by molar-refractivity contribution is 5.94. The maximum atomic E-state index is 12.5. The second-order valence-electron chi connectivity index (χ2n) is 6.72. The predicted molar refractivity (Wildman–Crippen MR) is 106 cm³/mol. The second-order valence-corrected chi connectivity index (χ2v) is 6.72. The SMILES string of the molecule is COc1cccc(C[NH+](C)CC(=O)Nc2cc(C)c(C)cc2[N+](=O)[O-])c1OC. The number of para-hydroxylation sites is 1. The number of hydrogen-bond acceptors (Lipinski definition) is 5. The van der Waals surface area contributed by atoms with Gasteiger partial charge in [-0.15, -0.1) is 0 Å². The summed E-state index contributed by atoms with van der Waals surface area (Å²) in [5.74, 6) is 0.961. The average Bonchev–Trinajstić information content (AvgIpc) is 2.63. The Morgan fingerprint density at radius 2 is 1.86 bits per heavy atom. The zero-order chi connectivity index (χ0) is 20.8. The minimum Gasteiger partial charge on any atom is -0.493 e. The number of likely N-dealkylation sites (N-methyl/N-ethyl adjacent to an activating group) is 1. The van der Waals surface area contributed by atoms with Crippen LogP contribution in [0.25, 0.3) is 0 Å². The monoisotopic (exact) mass is 388 g/mol. The van der Waals surface area contributed by atoms with Crippen molar-refractivity contribution >= 4 is 17.3 Å². The van der Waals surface area contributed by atoms with Crippen LogP contribution in [0.15, 0.2) is 30.3 Å². The van der Waals surface area contributed by atoms with Gasteiger partial charge < -0.3 is 19.7 Å². The van der Waals surface area contributed by atoms with E-state index in [1.165, 1.54) is 6.07 Å². The van der Waals surface area contributed by atoms with E-state index in [4.69, 9.17) is 9.47 Å². The van der Waals surface area contributed by atoms with E-state index in [9.17, 15) is 14.9 Å². The molecule has 0 bridgehead atoms. The highest BCUT2D eigenvalue weighted by Gasteiger charge is 2.20. The number of hydrogen-bond donors (Lipinski definition) is 2. The molecule has 0 fully saturated rings. The van der Waals surface area contributed by atoms with Crippen molar-refractivity contribution in [2.75, 3.05) is 33.1 Å². The maximum absolute atomic E-state index is 12.5. The molecular formula is C20H26N3O5+. The van der Waals surface area contributed by atoms with E-state index in [-0.39, 0.29) is 23.8 Å². The fraction of sp³-hybridized carbons (Fsp3) is 0.350. The van der Waals surface area contributed by atoms with Crippen LogP contribution in [0.1, 0.15) is 16.7 Å². The Hall–Kier alpha value is -3.13. The number of ether oxygens (including phenoxy) is 2. The van der Waals surface area contributed by atoms with Crippen LogP contribution in [0.2, 0.25) is 0 Å². The Kier molecular flexibility index (Phi) is 6.94. The molecule has 0 aromatic heterocycles. The average molecular weight is 388 g/mol. The first kappa shape index (κ1) is 21.2. The van der Waals surface area contributed by atoms with Gasteiger partial charge in [-0.05, 0) is 43.2 Å². The summed E-state index contributed by atoms with van der Waals surface area (Å²) < 4.78 is 10.7. The largest absolute Gasteiger partial charge is 0.493 e. The first-order valence-corrected chi connectivity index (χ1v) is 8.83. The van der Waals surface area contributed by atoms with E-state index in [2.05, 4.69) is 5.32 Å². The van der Waals surface area contributed by atoms with E-state index in [0.717, 1.165) is 21.6 Å². The molecule has 0 heterocycles. The molecular weight excluding hydrogens is 362 g/mol. The number of nitrogens with one attached hydrogen (secondary N) is 2. The molecule has 8 nitrogen and oxygen atoms in total. The first-order chi connectivity index (χ1) is 13.3. The van der Waals surface area contributed by atoms with Gasteiger partial charge in [-0.25, -0.2) is 0 Å². The molecule has 8 heteroatoms. The summed E-state index contributed by atoms with van der Waals surface area (Å²) in [5, 5.41) is 14.0. The van der Waals surface area contributed by atoms with Gasteiger partial charge in [-0.1, -0.05) is 6.07 Å². The normalized spacial score (nSPS) is 11.6. The van der Waals surface area contributed by atoms with Gasteiger partial charge in [0, 0.05) is 6.07 Å². The van der Waals surface area contributed by atoms with Gasteiger partial charge in [-0.2, -0.15) is 0 Å². The number of carbonyl (C=O) groups is 1. The van der Waals surface area contributed by atoms with Crippen molar-refractivity contribution in [1.29, 1.82) is 0 Å². The molecule has 1 atom stereocenters. The van der Waals surface area contributed by atoms with Gasteiger partial charge >= 0.3 is 0 Å². The van der Waals surface area contributed by atoms with Crippen molar-refractivity contribution in [3.63, 3.8) is 0 Å². The molecule has 0 radical (unpaired) electrons. The van der Waals surface area contributed by atoms with E-state index < -0.39 is 4.92 Å². The number of carbonyl (C=O) groups excluding carboxylic acids is 1. The van der Waals surface area contributed by atoms with Crippen LogP contribution in [0, 0.1) is 24.0 Å². The minimum absolute atomic E-state index is 0.108. The summed E-state index contributed by atoms with van der Waals surface area (Å²) in [5.41, 5.74) is 2.69. The molecule has 150 valence electrons. The second kappa shape index (κ2) is 9.18. The zero-order valence-corrected chi connectivity index (χ0v) is 16.8.